The number of fused-ring (bicyclic) bond motifs is 1. The predicted octanol–water partition coefficient (Wildman–Crippen LogP) is 3.34. The number of halogens is 1. The molecule has 1 atom stereocenters. The number of hydrogen-bond donors (Lipinski definition) is 2. The van der Waals surface area contributed by atoms with Crippen molar-refractivity contribution in [1.82, 2.24) is 5.32 Å². The smallest absolute Gasteiger partial charge is 0.227 e. The Balaban J connectivity index is 1.49. The van der Waals surface area contributed by atoms with Gasteiger partial charge in [0.05, 0.1) is 0 Å². The number of amides is 2. The summed E-state index contributed by atoms with van der Waals surface area (Å²) in [5.74, 6) is -0.637. The highest BCUT2D eigenvalue weighted by molar-refractivity contribution is 5.96. The minimum absolute atomic E-state index is 0.0351. The zero-order valence-corrected chi connectivity index (χ0v) is 14.1. The van der Waals surface area contributed by atoms with E-state index in [9.17, 15) is 14.0 Å². The number of para-hydroxylation sites is 1. The van der Waals surface area contributed by atoms with Crippen molar-refractivity contribution in [2.75, 3.05) is 5.32 Å². The SMILES string of the molecule is Cc1ccc(CNC(=O)CCC2Cc3ccccc3NC2=O)cc1F. The molecule has 130 valence electrons. The van der Waals surface area contributed by atoms with Gasteiger partial charge in [0.15, 0.2) is 0 Å². The van der Waals surface area contributed by atoms with Gasteiger partial charge in [0.2, 0.25) is 11.8 Å². The summed E-state index contributed by atoms with van der Waals surface area (Å²) in [5, 5.41) is 5.67. The lowest BCUT2D eigenvalue weighted by atomic mass is 9.89. The number of anilines is 1. The summed E-state index contributed by atoms with van der Waals surface area (Å²) >= 11 is 0. The Hall–Kier alpha value is -2.69. The number of carbonyl (C=O) groups excluding carboxylic acids is 2. The Bertz CT molecular complexity index is 804. The number of benzene rings is 2. The first-order chi connectivity index (χ1) is 12.0. The minimum atomic E-state index is -0.274. The van der Waals surface area contributed by atoms with Gasteiger partial charge in [-0.25, -0.2) is 4.39 Å². The monoisotopic (exact) mass is 340 g/mol. The highest BCUT2D eigenvalue weighted by Crippen LogP contribution is 2.27. The fraction of sp³-hybridized carbons (Fsp3) is 0.300. The second-order valence-corrected chi connectivity index (χ2v) is 6.45. The van der Waals surface area contributed by atoms with Crippen molar-refractivity contribution in [1.29, 1.82) is 0 Å². The molecule has 0 fully saturated rings. The van der Waals surface area contributed by atoms with Gasteiger partial charge >= 0.3 is 0 Å². The van der Waals surface area contributed by atoms with E-state index in [2.05, 4.69) is 10.6 Å². The zero-order chi connectivity index (χ0) is 17.8. The van der Waals surface area contributed by atoms with E-state index in [-0.39, 0.29) is 36.5 Å². The molecule has 4 nitrogen and oxygen atoms in total. The van der Waals surface area contributed by atoms with Crippen LogP contribution in [0.5, 0.6) is 0 Å². The molecule has 0 radical (unpaired) electrons. The molecule has 0 saturated carbocycles. The van der Waals surface area contributed by atoms with Crippen molar-refractivity contribution in [3.63, 3.8) is 0 Å². The van der Waals surface area contributed by atoms with E-state index in [4.69, 9.17) is 0 Å². The summed E-state index contributed by atoms with van der Waals surface area (Å²) in [6.07, 6.45) is 1.42. The van der Waals surface area contributed by atoms with Gasteiger partial charge in [-0.1, -0.05) is 30.3 Å². The number of nitrogens with one attached hydrogen (secondary N) is 2. The summed E-state index contributed by atoms with van der Waals surface area (Å²) in [6, 6.07) is 12.6. The van der Waals surface area contributed by atoms with Gasteiger partial charge in [-0.3, -0.25) is 9.59 Å². The van der Waals surface area contributed by atoms with Crippen molar-refractivity contribution in [3.05, 3.63) is 65.0 Å². The van der Waals surface area contributed by atoms with Crippen LogP contribution in [0.15, 0.2) is 42.5 Å². The molecule has 2 aromatic carbocycles. The molecule has 25 heavy (non-hydrogen) atoms. The van der Waals surface area contributed by atoms with Gasteiger partial charge < -0.3 is 10.6 Å². The van der Waals surface area contributed by atoms with Crippen molar-refractivity contribution in [3.8, 4) is 0 Å². The third kappa shape index (κ3) is 4.24. The zero-order valence-electron chi connectivity index (χ0n) is 14.1. The Morgan fingerprint density at radius 1 is 1.28 bits per heavy atom. The summed E-state index contributed by atoms with van der Waals surface area (Å²) < 4.78 is 13.5. The van der Waals surface area contributed by atoms with Crippen LogP contribution < -0.4 is 10.6 Å². The number of carbonyl (C=O) groups is 2. The van der Waals surface area contributed by atoms with Crippen LogP contribution in [0, 0.1) is 18.7 Å². The van der Waals surface area contributed by atoms with Crippen LogP contribution in [-0.2, 0) is 22.6 Å². The van der Waals surface area contributed by atoms with Crippen LogP contribution in [0.1, 0.15) is 29.5 Å². The molecule has 0 bridgehead atoms. The third-order valence-corrected chi connectivity index (χ3v) is 4.56. The first kappa shape index (κ1) is 17.1. The highest BCUT2D eigenvalue weighted by Gasteiger charge is 2.26. The minimum Gasteiger partial charge on any atom is -0.352 e. The molecule has 0 spiro atoms. The fourth-order valence-electron chi connectivity index (χ4n) is 2.99. The van der Waals surface area contributed by atoms with E-state index in [0.717, 1.165) is 16.8 Å². The molecule has 1 unspecified atom stereocenters. The quantitative estimate of drug-likeness (QED) is 0.877. The lowest BCUT2D eigenvalue weighted by Gasteiger charge is -2.24. The Morgan fingerprint density at radius 3 is 2.88 bits per heavy atom. The van der Waals surface area contributed by atoms with E-state index < -0.39 is 0 Å². The number of aryl methyl sites for hydroxylation is 1. The molecule has 0 saturated heterocycles. The van der Waals surface area contributed by atoms with Crippen molar-refractivity contribution in [2.45, 2.75) is 32.7 Å². The summed E-state index contributed by atoms with van der Waals surface area (Å²) in [6.45, 7) is 1.99. The maximum Gasteiger partial charge on any atom is 0.227 e. The molecule has 2 aromatic rings. The van der Waals surface area contributed by atoms with Crippen LogP contribution in [0.3, 0.4) is 0 Å². The Morgan fingerprint density at radius 2 is 2.08 bits per heavy atom. The molecule has 3 rings (SSSR count). The van der Waals surface area contributed by atoms with E-state index in [1.807, 2.05) is 24.3 Å². The van der Waals surface area contributed by atoms with Crippen molar-refractivity contribution in [2.24, 2.45) is 5.92 Å². The van der Waals surface area contributed by atoms with Gasteiger partial charge in [0.25, 0.3) is 0 Å². The molecule has 2 amide bonds. The second kappa shape index (κ2) is 7.47. The van der Waals surface area contributed by atoms with E-state index in [1.54, 1.807) is 19.1 Å². The van der Waals surface area contributed by atoms with E-state index in [1.165, 1.54) is 6.07 Å². The largest absolute Gasteiger partial charge is 0.352 e. The Labute approximate surface area is 146 Å². The highest BCUT2D eigenvalue weighted by atomic mass is 19.1. The second-order valence-electron chi connectivity index (χ2n) is 6.45. The van der Waals surface area contributed by atoms with Crippen LogP contribution in [0.2, 0.25) is 0 Å². The van der Waals surface area contributed by atoms with Gasteiger partial charge in [-0.15, -0.1) is 0 Å². The molecule has 1 aliphatic heterocycles. The molecule has 0 aliphatic carbocycles. The molecule has 5 heteroatoms. The first-order valence-corrected chi connectivity index (χ1v) is 8.43. The van der Waals surface area contributed by atoms with Gasteiger partial charge in [-0.2, -0.15) is 0 Å². The van der Waals surface area contributed by atoms with Gasteiger partial charge in [0.1, 0.15) is 5.82 Å². The van der Waals surface area contributed by atoms with Crippen LogP contribution >= 0.6 is 0 Å². The van der Waals surface area contributed by atoms with Gasteiger partial charge in [0, 0.05) is 24.6 Å². The first-order valence-electron chi connectivity index (χ1n) is 8.43. The average Bonchev–Trinajstić information content (AvgIpc) is 2.61. The molecular formula is C20H21FN2O2. The Kier molecular flexibility index (Phi) is 5.12. The maximum absolute atomic E-state index is 13.5. The van der Waals surface area contributed by atoms with Crippen LogP contribution in [0.4, 0.5) is 10.1 Å². The van der Waals surface area contributed by atoms with Crippen LogP contribution in [0.25, 0.3) is 0 Å². The third-order valence-electron chi connectivity index (χ3n) is 4.56. The van der Waals surface area contributed by atoms with Crippen molar-refractivity contribution >= 4 is 17.5 Å². The fourth-order valence-corrected chi connectivity index (χ4v) is 2.99. The molecule has 2 N–H and O–H groups in total. The topological polar surface area (TPSA) is 58.2 Å². The van der Waals surface area contributed by atoms with Gasteiger partial charge in [-0.05, 0) is 48.6 Å². The normalized spacial score (nSPS) is 16.1. The number of rotatable bonds is 5. The maximum atomic E-state index is 13.5. The van der Waals surface area contributed by atoms with E-state index in [0.29, 0.717) is 18.4 Å². The van der Waals surface area contributed by atoms with Crippen LogP contribution in [-0.4, -0.2) is 11.8 Å². The molecule has 1 heterocycles. The standard InChI is InChI=1S/C20H21FN2O2/c1-13-6-7-14(10-17(13)21)12-22-19(24)9-8-16-11-15-4-2-3-5-18(15)23-20(16)25/h2-7,10,16H,8-9,11-12H2,1H3,(H,22,24)(H,23,25). The summed E-state index contributed by atoms with van der Waals surface area (Å²) in [5.41, 5.74) is 3.26. The molecular weight excluding hydrogens is 319 g/mol. The molecule has 0 aromatic heterocycles. The lowest BCUT2D eigenvalue weighted by molar-refractivity contribution is -0.122. The van der Waals surface area contributed by atoms with E-state index >= 15 is 0 Å². The summed E-state index contributed by atoms with van der Waals surface area (Å²) in [7, 11) is 0. The predicted molar refractivity (Wildman–Crippen MR) is 94.5 cm³/mol. The lowest BCUT2D eigenvalue weighted by Crippen LogP contribution is -2.31. The summed E-state index contributed by atoms with van der Waals surface area (Å²) in [4.78, 5) is 24.2. The average molecular weight is 340 g/mol. The molecule has 1 aliphatic rings. The number of hydrogen-bond acceptors (Lipinski definition) is 2. The van der Waals surface area contributed by atoms with Crippen molar-refractivity contribution < 1.29 is 14.0 Å².